The van der Waals surface area contributed by atoms with Crippen molar-refractivity contribution in [3.63, 3.8) is 0 Å². The molecule has 1 saturated heterocycles. The van der Waals surface area contributed by atoms with E-state index in [1.165, 1.54) is 0 Å². The van der Waals surface area contributed by atoms with Gasteiger partial charge in [0.15, 0.2) is 0 Å². The summed E-state index contributed by atoms with van der Waals surface area (Å²) in [5.41, 5.74) is 4.67. The van der Waals surface area contributed by atoms with E-state index in [-0.39, 0.29) is 17.9 Å². The molecule has 2 unspecified atom stereocenters. The quantitative estimate of drug-likeness (QED) is 0.624. The summed E-state index contributed by atoms with van der Waals surface area (Å²) in [5.74, 6) is 0.257. The number of hydrogen-bond donors (Lipinski definition) is 3. The minimum atomic E-state index is -0.590. The van der Waals surface area contributed by atoms with Gasteiger partial charge in [0, 0.05) is 18.6 Å². The lowest BCUT2D eigenvalue weighted by atomic mass is 9.96. The fraction of sp³-hybridized carbons (Fsp3) is 0.700. The molecule has 2 atom stereocenters. The van der Waals surface area contributed by atoms with E-state index in [1.54, 1.807) is 0 Å². The molecule has 1 fully saturated rings. The van der Waals surface area contributed by atoms with Gasteiger partial charge in [0.05, 0.1) is 0 Å². The number of nitrogens with two attached hydrogens (primary N) is 1. The summed E-state index contributed by atoms with van der Waals surface area (Å²) in [6, 6.07) is 0.315. The zero-order chi connectivity index (χ0) is 12.4. The number of hydrogen-bond acceptors (Lipinski definition) is 5. The third-order valence-electron chi connectivity index (χ3n) is 3.24. The zero-order valence-electron chi connectivity index (χ0n) is 9.77. The summed E-state index contributed by atoms with van der Waals surface area (Å²) >= 11 is 0. The van der Waals surface area contributed by atoms with Crippen LogP contribution >= 0.6 is 0 Å². The minimum Gasteiger partial charge on any atom is -0.344 e. The van der Waals surface area contributed by atoms with Gasteiger partial charge >= 0.3 is 5.69 Å². The van der Waals surface area contributed by atoms with Crippen molar-refractivity contribution < 1.29 is 0 Å². The van der Waals surface area contributed by atoms with Gasteiger partial charge in [-0.2, -0.15) is 0 Å². The Morgan fingerprint density at radius 3 is 2.88 bits per heavy atom. The van der Waals surface area contributed by atoms with Gasteiger partial charge in [-0.1, -0.05) is 0 Å². The first kappa shape index (κ1) is 11.8. The second kappa shape index (κ2) is 4.70. The molecule has 0 amide bonds. The number of anilines is 1. The highest BCUT2D eigenvalue weighted by Gasteiger charge is 2.29. The highest BCUT2D eigenvalue weighted by Crippen LogP contribution is 2.24. The van der Waals surface area contributed by atoms with Gasteiger partial charge in [0.2, 0.25) is 5.82 Å². The van der Waals surface area contributed by atoms with Crippen LogP contribution in [0.5, 0.6) is 0 Å². The summed E-state index contributed by atoms with van der Waals surface area (Å²) in [4.78, 5) is 26.8. The van der Waals surface area contributed by atoms with Gasteiger partial charge in [-0.25, -0.2) is 9.89 Å². The van der Waals surface area contributed by atoms with Crippen LogP contribution in [0.15, 0.2) is 9.59 Å². The van der Waals surface area contributed by atoms with Crippen molar-refractivity contribution in [3.8, 4) is 0 Å². The molecule has 0 radical (unpaired) electrons. The predicted molar refractivity (Wildman–Crippen MR) is 64.1 cm³/mol. The summed E-state index contributed by atoms with van der Waals surface area (Å²) in [6.45, 7) is 2.51. The molecule has 0 saturated carbocycles. The molecule has 1 aliphatic heterocycles. The lowest BCUT2D eigenvalue weighted by molar-refractivity contribution is 0.395. The van der Waals surface area contributed by atoms with Crippen molar-refractivity contribution in [3.05, 3.63) is 20.8 Å². The minimum absolute atomic E-state index is 0.109. The molecule has 7 nitrogen and oxygen atoms in total. The van der Waals surface area contributed by atoms with E-state index in [0.29, 0.717) is 6.54 Å². The molecule has 0 bridgehead atoms. The molecular weight excluding hydrogens is 222 g/mol. The monoisotopic (exact) mass is 239 g/mol. The Morgan fingerprint density at radius 1 is 1.47 bits per heavy atom. The lowest BCUT2D eigenvalue weighted by Gasteiger charge is -2.40. The number of nitrogens with one attached hydrogen (secondary N) is 2. The van der Waals surface area contributed by atoms with Crippen LogP contribution in [-0.4, -0.2) is 33.8 Å². The third-order valence-corrected chi connectivity index (χ3v) is 3.24. The second-order valence-electron chi connectivity index (χ2n) is 4.41. The van der Waals surface area contributed by atoms with Crippen LogP contribution in [0.4, 0.5) is 5.82 Å². The molecule has 4 N–H and O–H groups in total. The largest absolute Gasteiger partial charge is 0.344 e. The maximum atomic E-state index is 11.7. The molecule has 17 heavy (non-hydrogen) atoms. The van der Waals surface area contributed by atoms with Gasteiger partial charge in [-0.3, -0.25) is 9.78 Å². The van der Waals surface area contributed by atoms with Crippen LogP contribution in [0.2, 0.25) is 0 Å². The average molecular weight is 239 g/mol. The number of H-pyrrole nitrogens is 2. The van der Waals surface area contributed by atoms with Crippen molar-refractivity contribution in [1.29, 1.82) is 0 Å². The molecule has 1 aromatic heterocycles. The maximum absolute atomic E-state index is 11.7. The van der Waals surface area contributed by atoms with E-state index in [4.69, 9.17) is 5.73 Å². The van der Waals surface area contributed by atoms with E-state index in [0.717, 1.165) is 19.3 Å². The fourth-order valence-electron chi connectivity index (χ4n) is 2.42. The maximum Gasteiger partial charge on any atom is 0.342 e. The standard InChI is InChI=1S/C10H17N5O2/c1-6-3-2-4-7(5-11)15(6)8-9(16)12-10(17)14-13-8/h6-7H,2-5,11H2,1H3,(H2,12,14,16,17). The van der Waals surface area contributed by atoms with Crippen LogP contribution < -0.4 is 21.9 Å². The van der Waals surface area contributed by atoms with Gasteiger partial charge in [0.25, 0.3) is 5.56 Å². The molecule has 0 aliphatic carbocycles. The van der Waals surface area contributed by atoms with Crippen molar-refractivity contribution in [2.75, 3.05) is 11.4 Å². The Balaban J connectivity index is 2.41. The van der Waals surface area contributed by atoms with Crippen LogP contribution in [0.3, 0.4) is 0 Å². The van der Waals surface area contributed by atoms with E-state index in [2.05, 4.69) is 15.2 Å². The molecule has 2 rings (SSSR count). The van der Waals surface area contributed by atoms with Crippen molar-refractivity contribution in [1.82, 2.24) is 15.2 Å². The summed E-state index contributed by atoms with van der Waals surface area (Å²) in [6.07, 6.45) is 3.04. The summed E-state index contributed by atoms with van der Waals surface area (Å²) in [5, 5.41) is 6.10. The smallest absolute Gasteiger partial charge is 0.342 e. The number of nitrogens with zero attached hydrogens (tertiary/aromatic N) is 2. The number of aromatic nitrogens is 3. The summed E-state index contributed by atoms with van der Waals surface area (Å²) < 4.78 is 0. The van der Waals surface area contributed by atoms with Crippen molar-refractivity contribution >= 4 is 5.82 Å². The summed E-state index contributed by atoms with van der Waals surface area (Å²) in [7, 11) is 0. The Labute approximate surface area is 98.0 Å². The van der Waals surface area contributed by atoms with Crippen molar-refractivity contribution in [2.45, 2.75) is 38.3 Å². The van der Waals surface area contributed by atoms with Crippen LogP contribution in [0, 0.1) is 0 Å². The molecule has 2 heterocycles. The highest BCUT2D eigenvalue weighted by molar-refractivity contribution is 5.38. The molecular formula is C10H17N5O2. The number of aromatic amines is 2. The van der Waals surface area contributed by atoms with Gasteiger partial charge in [0.1, 0.15) is 0 Å². The van der Waals surface area contributed by atoms with Crippen molar-refractivity contribution in [2.24, 2.45) is 5.73 Å². The first-order valence-electron chi connectivity index (χ1n) is 5.81. The van der Waals surface area contributed by atoms with E-state index >= 15 is 0 Å². The Kier molecular flexibility index (Phi) is 3.28. The lowest BCUT2D eigenvalue weighted by Crippen LogP contribution is -2.52. The fourth-order valence-corrected chi connectivity index (χ4v) is 2.42. The topological polar surface area (TPSA) is 108 Å². The number of piperidine rings is 1. The number of rotatable bonds is 2. The van der Waals surface area contributed by atoms with Crippen LogP contribution in [0.1, 0.15) is 26.2 Å². The Hall–Kier alpha value is -1.63. The average Bonchev–Trinajstić information content (AvgIpc) is 2.30. The van der Waals surface area contributed by atoms with E-state index < -0.39 is 11.2 Å². The Bertz CT molecular complexity index is 494. The molecule has 7 heteroatoms. The van der Waals surface area contributed by atoms with Gasteiger partial charge in [-0.05, 0) is 26.2 Å². The van der Waals surface area contributed by atoms with E-state index in [9.17, 15) is 9.59 Å². The predicted octanol–water partition coefficient (Wildman–Crippen LogP) is -0.836. The second-order valence-corrected chi connectivity index (χ2v) is 4.41. The Morgan fingerprint density at radius 2 is 2.24 bits per heavy atom. The molecule has 94 valence electrons. The van der Waals surface area contributed by atoms with Gasteiger partial charge in [-0.15, -0.1) is 5.10 Å². The van der Waals surface area contributed by atoms with E-state index in [1.807, 2.05) is 11.8 Å². The molecule has 1 aliphatic rings. The normalized spacial score (nSPS) is 24.9. The highest BCUT2D eigenvalue weighted by atomic mass is 16.2. The molecule has 0 spiro atoms. The first-order valence-corrected chi connectivity index (χ1v) is 5.81. The SMILES string of the molecule is CC1CCCC(CN)N1c1n[nH]c(=O)[nH]c1=O. The van der Waals surface area contributed by atoms with Crippen LogP contribution in [-0.2, 0) is 0 Å². The third kappa shape index (κ3) is 2.23. The first-order chi connectivity index (χ1) is 8.13. The molecule has 1 aromatic rings. The van der Waals surface area contributed by atoms with Crippen LogP contribution in [0.25, 0.3) is 0 Å². The zero-order valence-corrected chi connectivity index (χ0v) is 9.77. The molecule has 0 aromatic carbocycles. The van der Waals surface area contributed by atoms with Gasteiger partial charge < -0.3 is 10.6 Å².